The first kappa shape index (κ1) is 37.3. The highest BCUT2D eigenvalue weighted by molar-refractivity contribution is 7.86. The van der Waals surface area contributed by atoms with E-state index in [4.69, 9.17) is 0 Å². The largest absolute Gasteiger partial charge is 0.743 e. The van der Waals surface area contributed by atoms with E-state index >= 15 is 0 Å². The number of hydrogen-bond acceptors (Lipinski definition) is 4. The van der Waals surface area contributed by atoms with Gasteiger partial charge in [-0.25, -0.2) is 17.5 Å². The molecule has 236 valence electrons. The number of ether oxygens (including phenoxy) is 1. The number of alkyl halides is 23. The summed E-state index contributed by atoms with van der Waals surface area (Å²) in [6, 6.07) is 0. The zero-order valence-electron chi connectivity index (χ0n) is 16.2. The average molecular weight is 665 g/mol. The van der Waals surface area contributed by atoms with Crippen LogP contribution in [0.4, 0.5) is 101 Å². The summed E-state index contributed by atoms with van der Waals surface area (Å²) >= 11 is 0. The number of halogens is 23. The third-order valence-corrected chi connectivity index (χ3v) is 4.95. The Hall–Kier alpha value is -1.74. The van der Waals surface area contributed by atoms with Crippen LogP contribution < -0.4 is 0 Å². The maximum atomic E-state index is 13.4. The van der Waals surface area contributed by atoms with Crippen LogP contribution in [0.2, 0.25) is 0 Å². The monoisotopic (exact) mass is 665 g/mol. The van der Waals surface area contributed by atoms with Crippen LogP contribution in [0, 0.1) is 0 Å². The van der Waals surface area contributed by atoms with Crippen molar-refractivity contribution in [1.29, 1.82) is 0 Å². The Morgan fingerprint density at radius 3 is 0.923 bits per heavy atom. The van der Waals surface area contributed by atoms with Gasteiger partial charge in [0.1, 0.15) is 0 Å². The molecule has 0 spiro atoms. The van der Waals surface area contributed by atoms with Gasteiger partial charge in [-0.15, -0.1) is 0 Å². The van der Waals surface area contributed by atoms with Crippen molar-refractivity contribution >= 4 is 10.1 Å². The zero-order chi connectivity index (χ0) is 32.7. The van der Waals surface area contributed by atoms with E-state index in [1.807, 2.05) is 0 Å². The molecule has 0 N–H and O–H groups in total. The van der Waals surface area contributed by atoms with Gasteiger partial charge >= 0.3 is 65.1 Å². The first-order valence-electron chi connectivity index (χ1n) is 7.71. The van der Waals surface area contributed by atoms with E-state index in [2.05, 4.69) is 0 Å². The van der Waals surface area contributed by atoms with Crippen LogP contribution in [0.5, 0.6) is 0 Å². The lowest BCUT2D eigenvalue weighted by Crippen LogP contribution is -2.75. The Morgan fingerprint density at radius 2 is 0.667 bits per heavy atom. The van der Waals surface area contributed by atoms with Crippen molar-refractivity contribution in [2.45, 2.75) is 65.1 Å². The van der Waals surface area contributed by atoms with Gasteiger partial charge in [-0.1, -0.05) is 0 Å². The summed E-state index contributed by atoms with van der Waals surface area (Å²) in [5.41, 5.74) is -8.62. The summed E-state index contributed by atoms with van der Waals surface area (Å²) in [6.07, 6.45) is -34.1. The second-order valence-electron chi connectivity index (χ2n) is 6.63. The molecule has 4 nitrogen and oxygen atoms in total. The average Bonchev–Trinajstić information content (AvgIpc) is 2.62. The molecule has 0 aromatic carbocycles. The molecule has 0 aromatic heterocycles. The van der Waals surface area contributed by atoms with Gasteiger partial charge in [0.15, 0.2) is 10.1 Å². The second kappa shape index (κ2) is 8.88. The lowest BCUT2D eigenvalue weighted by atomic mass is 9.93. The van der Waals surface area contributed by atoms with E-state index in [9.17, 15) is 114 Å². The summed E-state index contributed by atoms with van der Waals surface area (Å²) in [7, 11) is -8.39. The maximum absolute atomic E-state index is 13.4. The topological polar surface area (TPSA) is 66.4 Å². The quantitative estimate of drug-likeness (QED) is 0.202. The zero-order valence-corrected chi connectivity index (χ0v) is 17.1. The predicted molar refractivity (Wildman–Crippen MR) is 66.3 cm³/mol. The minimum absolute atomic E-state index is 0.738. The third kappa shape index (κ3) is 4.79. The van der Waals surface area contributed by atoms with Crippen molar-refractivity contribution < 1.29 is 119 Å². The van der Waals surface area contributed by atoms with E-state index in [0.717, 1.165) is 4.74 Å². The van der Waals surface area contributed by atoms with E-state index in [1.54, 1.807) is 0 Å². The SMILES string of the molecule is O=S(=O)([O-])C(F)(F)C(F)(F)C(F)(F)C(F)(F)C(F)(F)C(F)(F)C(F)(F)OC(F)(F)C(F)(C(F)(F)F)C(F)(F)F. The Bertz CT molecular complexity index is 1010. The maximum Gasteiger partial charge on any atom is 0.440 e. The molecule has 0 aliphatic heterocycles. The highest BCUT2D eigenvalue weighted by atomic mass is 32.2. The fraction of sp³-hybridized carbons (Fsp3) is 1.00. The fourth-order valence-electron chi connectivity index (χ4n) is 1.90. The smallest absolute Gasteiger partial charge is 0.440 e. The molecule has 0 bridgehead atoms. The van der Waals surface area contributed by atoms with E-state index < -0.39 is 75.2 Å². The minimum atomic E-state index is -9.36. The Kier molecular flexibility index (Phi) is 8.48. The molecule has 0 rings (SSSR count). The van der Waals surface area contributed by atoms with Crippen LogP contribution in [0.25, 0.3) is 0 Å². The van der Waals surface area contributed by atoms with Crippen molar-refractivity contribution in [2.24, 2.45) is 0 Å². The van der Waals surface area contributed by atoms with Crippen LogP contribution in [0.3, 0.4) is 0 Å². The molecule has 0 radical (unpaired) electrons. The van der Waals surface area contributed by atoms with Gasteiger partial charge < -0.3 is 4.55 Å². The molecular formula is C11F23O4S-. The Balaban J connectivity index is 7.14. The van der Waals surface area contributed by atoms with Crippen molar-refractivity contribution in [3.63, 3.8) is 0 Å². The van der Waals surface area contributed by atoms with Crippen molar-refractivity contribution in [3.05, 3.63) is 0 Å². The summed E-state index contributed by atoms with van der Waals surface area (Å²) in [6.45, 7) is 0. The highest BCUT2D eigenvalue weighted by Gasteiger charge is 2.95. The summed E-state index contributed by atoms with van der Waals surface area (Å²) < 4.78 is 328. The van der Waals surface area contributed by atoms with Gasteiger partial charge in [-0.2, -0.15) is 96.6 Å². The predicted octanol–water partition coefficient (Wildman–Crippen LogP) is 6.34. The first-order valence-corrected chi connectivity index (χ1v) is 9.12. The van der Waals surface area contributed by atoms with Crippen LogP contribution in [-0.2, 0) is 14.9 Å². The van der Waals surface area contributed by atoms with Gasteiger partial charge in [0, 0.05) is 0 Å². The minimum Gasteiger partial charge on any atom is -0.743 e. The highest BCUT2D eigenvalue weighted by Crippen LogP contribution is 2.64. The van der Waals surface area contributed by atoms with Crippen LogP contribution in [0.1, 0.15) is 0 Å². The molecule has 0 amide bonds. The molecule has 0 aliphatic carbocycles. The summed E-state index contributed by atoms with van der Waals surface area (Å²) in [4.78, 5) is 0. The number of hydrogen-bond donors (Lipinski definition) is 0. The second-order valence-corrected chi connectivity index (χ2v) is 8.05. The van der Waals surface area contributed by atoms with E-state index in [1.165, 1.54) is 0 Å². The van der Waals surface area contributed by atoms with Gasteiger partial charge in [-0.05, 0) is 0 Å². The normalized spacial score (nSPS) is 17.0. The molecular weight excluding hydrogens is 665 g/mol. The van der Waals surface area contributed by atoms with Crippen LogP contribution in [0.15, 0.2) is 0 Å². The fourth-order valence-corrected chi connectivity index (χ4v) is 2.34. The van der Waals surface area contributed by atoms with Crippen molar-refractivity contribution in [2.75, 3.05) is 0 Å². The standard InChI is InChI=1S/C11HF23O4S/c12-1(7(23,24)25,8(26,27)28)9(29,30)38-10(31,32)5(19,20)3(15,16)2(13,14)4(17,18)6(21,22)11(33,34)39(35,36)37/h(H,35,36,37)/p-1. The molecule has 0 heterocycles. The summed E-state index contributed by atoms with van der Waals surface area (Å²) in [5, 5.41) is -8.21. The lowest BCUT2D eigenvalue weighted by molar-refractivity contribution is -0.527. The first-order chi connectivity index (χ1) is 16.2. The van der Waals surface area contributed by atoms with Gasteiger partial charge in [-0.3, -0.25) is 0 Å². The van der Waals surface area contributed by atoms with Crippen molar-refractivity contribution in [1.82, 2.24) is 0 Å². The molecule has 0 fully saturated rings. The Labute approximate surface area is 195 Å². The lowest BCUT2D eigenvalue weighted by Gasteiger charge is -2.43. The van der Waals surface area contributed by atoms with Crippen LogP contribution in [-0.4, -0.2) is 78.1 Å². The molecule has 0 atom stereocenters. The molecule has 0 aliphatic rings. The molecule has 0 aromatic rings. The van der Waals surface area contributed by atoms with Gasteiger partial charge in [0.2, 0.25) is 0 Å². The molecule has 28 heteroatoms. The van der Waals surface area contributed by atoms with E-state index in [0.29, 0.717) is 0 Å². The molecule has 0 unspecified atom stereocenters. The summed E-state index contributed by atoms with van der Waals surface area (Å²) in [5.74, 6) is -45.9. The Morgan fingerprint density at radius 1 is 0.410 bits per heavy atom. The molecule has 0 saturated heterocycles. The number of rotatable bonds is 10. The van der Waals surface area contributed by atoms with Crippen LogP contribution >= 0.6 is 0 Å². The van der Waals surface area contributed by atoms with E-state index in [-0.39, 0.29) is 0 Å². The molecule has 39 heavy (non-hydrogen) atoms. The third-order valence-electron chi connectivity index (χ3n) is 4.06. The van der Waals surface area contributed by atoms with Gasteiger partial charge in [0.25, 0.3) is 0 Å². The van der Waals surface area contributed by atoms with Gasteiger partial charge in [0.05, 0.1) is 0 Å². The molecule has 0 saturated carbocycles. The van der Waals surface area contributed by atoms with Crippen molar-refractivity contribution in [3.8, 4) is 0 Å².